The first kappa shape index (κ1) is 24.5. The van der Waals surface area contributed by atoms with Gasteiger partial charge in [-0.1, -0.05) is 35.9 Å². The summed E-state index contributed by atoms with van der Waals surface area (Å²) in [5.41, 5.74) is 6.75. The van der Waals surface area contributed by atoms with Crippen LogP contribution in [0.1, 0.15) is 37.5 Å². The number of hydrazone groups is 1. The summed E-state index contributed by atoms with van der Waals surface area (Å²) >= 11 is 1.70. The minimum absolute atomic E-state index is 0.107. The smallest absolute Gasteiger partial charge is 0.344 e. The van der Waals surface area contributed by atoms with E-state index in [4.69, 9.17) is 9.47 Å². The van der Waals surface area contributed by atoms with Crippen LogP contribution >= 0.6 is 11.8 Å². The summed E-state index contributed by atoms with van der Waals surface area (Å²) in [6, 6.07) is 14.3. The highest BCUT2D eigenvalue weighted by molar-refractivity contribution is 8.00. The minimum Gasteiger partial charge on any atom is -0.482 e. The highest BCUT2D eigenvalue weighted by Crippen LogP contribution is 2.26. The summed E-state index contributed by atoms with van der Waals surface area (Å²) < 4.78 is 10.9. The van der Waals surface area contributed by atoms with Gasteiger partial charge in [0.2, 0.25) is 0 Å². The van der Waals surface area contributed by atoms with E-state index in [0.29, 0.717) is 18.0 Å². The Morgan fingerprint density at radius 3 is 2.61 bits per heavy atom. The Morgan fingerprint density at radius 1 is 1.19 bits per heavy atom. The van der Waals surface area contributed by atoms with Crippen molar-refractivity contribution in [3.63, 3.8) is 0 Å². The van der Waals surface area contributed by atoms with Crippen molar-refractivity contribution in [1.82, 2.24) is 5.43 Å². The van der Waals surface area contributed by atoms with Crippen molar-refractivity contribution < 1.29 is 14.3 Å². The van der Waals surface area contributed by atoms with Crippen molar-refractivity contribution in [3.8, 4) is 5.75 Å². The molecule has 0 heterocycles. The maximum absolute atomic E-state index is 11.9. The Hall–Kier alpha value is -2.73. The molecule has 31 heavy (non-hydrogen) atoms. The lowest BCUT2D eigenvalue weighted by Crippen LogP contribution is -2.27. The number of carbonyl (C=O) groups is 1. The molecule has 0 amide bonds. The SMILES string of the molecule is C=CCN/N=C(/CSc1ccc(OCC(=O)OC(C)(C)C)c(C)c1)c1cccc(C)c1. The van der Waals surface area contributed by atoms with E-state index < -0.39 is 5.60 Å². The molecule has 5 nitrogen and oxygen atoms in total. The molecule has 6 heteroatoms. The van der Waals surface area contributed by atoms with Gasteiger partial charge >= 0.3 is 5.97 Å². The Labute approximate surface area is 189 Å². The van der Waals surface area contributed by atoms with E-state index in [9.17, 15) is 4.79 Å². The summed E-state index contributed by atoms with van der Waals surface area (Å²) in [6.45, 7) is 13.8. The van der Waals surface area contributed by atoms with E-state index >= 15 is 0 Å². The quantitative estimate of drug-likeness (QED) is 0.136. The van der Waals surface area contributed by atoms with Gasteiger partial charge in [0.05, 0.1) is 12.3 Å². The first-order chi connectivity index (χ1) is 14.7. The maximum atomic E-state index is 11.9. The first-order valence-corrected chi connectivity index (χ1v) is 11.2. The largest absolute Gasteiger partial charge is 0.482 e. The van der Waals surface area contributed by atoms with Crippen LogP contribution in [0.15, 0.2) is 65.1 Å². The van der Waals surface area contributed by atoms with Crippen LogP contribution in [0.3, 0.4) is 0 Å². The van der Waals surface area contributed by atoms with Crippen molar-refractivity contribution in [2.24, 2.45) is 5.10 Å². The normalized spacial score (nSPS) is 11.7. The Morgan fingerprint density at radius 2 is 1.97 bits per heavy atom. The fourth-order valence-corrected chi connectivity index (χ4v) is 3.70. The van der Waals surface area contributed by atoms with Gasteiger partial charge in [0.25, 0.3) is 0 Å². The average molecular weight is 441 g/mol. The number of esters is 1. The van der Waals surface area contributed by atoms with Gasteiger partial charge in [0.15, 0.2) is 6.61 Å². The fraction of sp³-hybridized carbons (Fsp3) is 0.360. The van der Waals surface area contributed by atoms with Crippen LogP contribution in [-0.2, 0) is 9.53 Å². The standard InChI is InChI=1S/C25H32N2O3S/c1-7-13-26-27-22(20-10-8-9-18(2)14-20)17-31-21-11-12-23(19(3)15-21)29-16-24(28)30-25(4,5)6/h7-12,14-15,26H,1,13,16-17H2,2-6H3/b27-22-. The number of ether oxygens (including phenoxy) is 2. The van der Waals surface area contributed by atoms with Crippen molar-refractivity contribution >= 4 is 23.4 Å². The van der Waals surface area contributed by atoms with E-state index in [-0.39, 0.29) is 12.6 Å². The second-order valence-electron chi connectivity index (χ2n) is 8.17. The van der Waals surface area contributed by atoms with Crippen molar-refractivity contribution in [2.75, 3.05) is 18.9 Å². The van der Waals surface area contributed by atoms with Gasteiger partial charge in [0, 0.05) is 10.6 Å². The molecule has 0 aliphatic rings. The van der Waals surface area contributed by atoms with Crippen LogP contribution < -0.4 is 10.2 Å². The van der Waals surface area contributed by atoms with Crippen LogP contribution in [-0.4, -0.2) is 36.2 Å². The second-order valence-corrected chi connectivity index (χ2v) is 9.22. The summed E-state index contributed by atoms with van der Waals surface area (Å²) in [5, 5.41) is 4.56. The van der Waals surface area contributed by atoms with Gasteiger partial charge in [-0.25, -0.2) is 4.79 Å². The van der Waals surface area contributed by atoms with Gasteiger partial charge in [-0.2, -0.15) is 5.10 Å². The van der Waals surface area contributed by atoms with Gasteiger partial charge in [-0.05, 0) is 63.9 Å². The Kier molecular flexibility index (Phi) is 9.19. The number of nitrogens with zero attached hydrogens (tertiary/aromatic N) is 1. The predicted octanol–water partition coefficient (Wildman–Crippen LogP) is 5.30. The molecule has 0 saturated heterocycles. The molecule has 2 rings (SSSR count). The highest BCUT2D eigenvalue weighted by Gasteiger charge is 2.17. The molecule has 0 atom stereocenters. The molecule has 166 valence electrons. The fourth-order valence-electron chi connectivity index (χ4n) is 2.74. The third kappa shape index (κ3) is 8.89. The summed E-state index contributed by atoms with van der Waals surface area (Å²) in [5.74, 6) is 1.01. The van der Waals surface area contributed by atoms with Gasteiger partial charge in [0.1, 0.15) is 11.4 Å². The zero-order chi connectivity index (χ0) is 22.9. The topological polar surface area (TPSA) is 59.9 Å². The van der Waals surface area contributed by atoms with Crippen LogP contribution in [0.4, 0.5) is 0 Å². The number of benzene rings is 2. The lowest BCUT2D eigenvalue weighted by Gasteiger charge is -2.19. The summed E-state index contributed by atoms with van der Waals surface area (Å²) in [6.07, 6.45) is 1.78. The average Bonchev–Trinajstić information content (AvgIpc) is 2.68. The van der Waals surface area contributed by atoms with Crippen molar-refractivity contribution in [1.29, 1.82) is 0 Å². The molecular formula is C25H32N2O3S. The third-order valence-corrected chi connectivity index (χ3v) is 5.09. The maximum Gasteiger partial charge on any atom is 0.344 e. The summed E-state index contributed by atoms with van der Waals surface area (Å²) in [4.78, 5) is 13.0. The molecule has 0 radical (unpaired) electrons. The number of rotatable bonds is 10. The monoisotopic (exact) mass is 440 g/mol. The van der Waals surface area contributed by atoms with Gasteiger partial charge in [-0.15, -0.1) is 18.3 Å². The van der Waals surface area contributed by atoms with Gasteiger partial charge in [-0.3, -0.25) is 0 Å². The zero-order valence-corrected chi connectivity index (χ0v) is 19.8. The third-order valence-electron chi connectivity index (χ3n) is 4.09. The molecule has 2 aromatic carbocycles. The number of carbonyl (C=O) groups excluding carboxylic acids is 1. The molecule has 0 aromatic heterocycles. The first-order valence-electron chi connectivity index (χ1n) is 10.2. The molecule has 1 N–H and O–H groups in total. The Bertz CT molecular complexity index is 933. The lowest BCUT2D eigenvalue weighted by atomic mass is 10.1. The number of nitrogens with one attached hydrogen (secondary N) is 1. The van der Waals surface area contributed by atoms with E-state index in [1.165, 1.54) is 5.56 Å². The predicted molar refractivity (Wildman–Crippen MR) is 129 cm³/mol. The van der Waals surface area contributed by atoms with Crippen LogP contribution in [0.25, 0.3) is 0 Å². The lowest BCUT2D eigenvalue weighted by molar-refractivity contribution is -0.157. The molecular weight excluding hydrogens is 408 g/mol. The molecule has 0 unspecified atom stereocenters. The number of hydrogen-bond donors (Lipinski definition) is 1. The number of aryl methyl sites for hydroxylation is 2. The van der Waals surface area contributed by atoms with Crippen molar-refractivity contribution in [2.45, 2.75) is 45.1 Å². The molecule has 0 fully saturated rings. The van der Waals surface area contributed by atoms with Crippen LogP contribution in [0.2, 0.25) is 0 Å². The van der Waals surface area contributed by atoms with Gasteiger partial charge < -0.3 is 14.9 Å². The number of thioether (sulfide) groups is 1. The molecule has 0 saturated carbocycles. The van der Waals surface area contributed by atoms with Crippen LogP contribution in [0, 0.1) is 13.8 Å². The summed E-state index contributed by atoms with van der Waals surface area (Å²) in [7, 11) is 0. The van der Waals surface area contributed by atoms with E-state index in [2.05, 4.69) is 48.3 Å². The van der Waals surface area contributed by atoms with E-state index in [0.717, 1.165) is 21.7 Å². The van der Waals surface area contributed by atoms with Crippen molar-refractivity contribution in [3.05, 3.63) is 71.8 Å². The zero-order valence-electron chi connectivity index (χ0n) is 19.0. The van der Waals surface area contributed by atoms with E-state index in [1.54, 1.807) is 17.8 Å². The number of hydrogen-bond acceptors (Lipinski definition) is 6. The van der Waals surface area contributed by atoms with E-state index in [1.807, 2.05) is 45.9 Å². The highest BCUT2D eigenvalue weighted by atomic mass is 32.2. The molecule has 0 bridgehead atoms. The van der Waals surface area contributed by atoms with Crippen LogP contribution in [0.5, 0.6) is 5.75 Å². The molecule has 0 aliphatic heterocycles. The molecule has 0 aliphatic carbocycles. The Balaban J connectivity index is 2.02. The second kappa shape index (κ2) is 11.6. The minimum atomic E-state index is -0.521. The molecule has 2 aromatic rings. The molecule has 0 spiro atoms.